The molecule has 4 rings (SSSR count). The molecule has 0 aliphatic carbocycles. The highest BCUT2D eigenvalue weighted by atomic mass is 79.9. The predicted octanol–water partition coefficient (Wildman–Crippen LogP) is 5.16. The highest BCUT2D eigenvalue weighted by Gasteiger charge is 2.36. The lowest BCUT2D eigenvalue weighted by molar-refractivity contribution is -0.127. The molecule has 10 nitrogen and oxygen atoms in total. The van der Waals surface area contributed by atoms with Gasteiger partial charge in [-0.1, -0.05) is 34.1 Å². The van der Waals surface area contributed by atoms with Gasteiger partial charge in [0.15, 0.2) is 18.1 Å². The largest absolute Gasteiger partial charge is 0.495 e. The summed E-state index contributed by atoms with van der Waals surface area (Å²) in [6, 6.07) is 18.8. The van der Waals surface area contributed by atoms with Crippen molar-refractivity contribution in [3.63, 3.8) is 0 Å². The average Bonchev–Trinajstić information content (AvgIpc) is 3.20. The van der Waals surface area contributed by atoms with E-state index in [1.54, 1.807) is 66.7 Å². The fourth-order valence-electron chi connectivity index (χ4n) is 3.64. The summed E-state index contributed by atoms with van der Waals surface area (Å²) in [5.74, 6) is -0.308. The molecular weight excluding hydrogens is 602 g/mol. The lowest BCUT2D eigenvalue weighted by Crippen LogP contribution is -2.36. The maximum absolute atomic E-state index is 12.9. The minimum Gasteiger partial charge on any atom is -0.495 e. The number of amides is 4. The number of para-hydroxylation sites is 2. The zero-order chi connectivity index (χ0) is 28.6. The topological polar surface area (TPSA) is 123 Å². The Hall–Kier alpha value is -4.29. The molecule has 0 aromatic heterocycles. The third kappa shape index (κ3) is 7.21. The number of thioether (sulfide) groups is 1. The first-order chi connectivity index (χ1) is 19.3. The van der Waals surface area contributed by atoms with Gasteiger partial charge in [0.25, 0.3) is 17.1 Å². The van der Waals surface area contributed by atoms with Crippen molar-refractivity contribution in [2.45, 2.75) is 0 Å². The monoisotopic (exact) mass is 625 g/mol. The number of methoxy groups -OCH3 is 2. The van der Waals surface area contributed by atoms with E-state index in [1.807, 2.05) is 0 Å². The highest BCUT2D eigenvalue weighted by Crippen LogP contribution is 2.34. The van der Waals surface area contributed by atoms with Gasteiger partial charge in [0.1, 0.15) is 12.3 Å². The number of halogens is 1. The Kier molecular flexibility index (Phi) is 9.46. The van der Waals surface area contributed by atoms with Gasteiger partial charge < -0.3 is 24.8 Å². The summed E-state index contributed by atoms with van der Waals surface area (Å²) in [5.41, 5.74) is 1.62. The molecule has 1 aliphatic heterocycles. The Labute approximate surface area is 242 Å². The van der Waals surface area contributed by atoms with Crippen molar-refractivity contribution in [1.29, 1.82) is 0 Å². The number of nitrogens with one attached hydrogen (secondary N) is 2. The molecule has 4 amide bonds. The van der Waals surface area contributed by atoms with E-state index >= 15 is 0 Å². The predicted molar refractivity (Wildman–Crippen MR) is 156 cm³/mol. The van der Waals surface area contributed by atoms with Gasteiger partial charge >= 0.3 is 0 Å². The number of hydrogen-bond acceptors (Lipinski definition) is 8. The molecule has 1 saturated heterocycles. The fourth-order valence-corrected chi connectivity index (χ4v) is 4.74. The smallest absolute Gasteiger partial charge is 0.294 e. The first-order valence-corrected chi connectivity index (χ1v) is 13.4. The second kappa shape index (κ2) is 13.2. The summed E-state index contributed by atoms with van der Waals surface area (Å²) < 4.78 is 17.1. The van der Waals surface area contributed by atoms with Gasteiger partial charge in [-0.2, -0.15) is 0 Å². The molecule has 3 aromatic carbocycles. The van der Waals surface area contributed by atoms with Crippen LogP contribution in [-0.2, 0) is 14.4 Å². The van der Waals surface area contributed by atoms with E-state index in [0.717, 1.165) is 21.1 Å². The van der Waals surface area contributed by atoms with Crippen LogP contribution in [0.4, 0.5) is 16.2 Å². The van der Waals surface area contributed by atoms with E-state index in [2.05, 4.69) is 26.6 Å². The van der Waals surface area contributed by atoms with Crippen molar-refractivity contribution in [2.75, 3.05) is 38.0 Å². The lowest BCUT2D eigenvalue weighted by atomic mass is 10.2. The van der Waals surface area contributed by atoms with Crippen LogP contribution in [0.2, 0.25) is 0 Å². The summed E-state index contributed by atoms with van der Waals surface area (Å²) in [5, 5.41) is 4.84. The number of hydrogen-bond donors (Lipinski definition) is 2. The van der Waals surface area contributed by atoms with Crippen molar-refractivity contribution < 1.29 is 33.4 Å². The third-order valence-electron chi connectivity index (χ3n) is 5.53. The Bertz CT molecular complexity index is 1480. The molecule has 1 aliphatic rings. The molecule has 206 valence electrons. The van der Waals surface area contributed by atoms with E-state index in [1.165, 1.54) is 20.3 Å². The molecule has 0 unspecified atom stereocenters. The number of benzene rings is 3. The van der Waals surface area contributed by atoms with Crippen LogP contribution in [0.5, 0.6) is 17.2 Å². The maximum Gasteiger partial charge on any atom is 0.294 e. The molecule has 2 N–H and O–H groups in total. The Morgan fingerprint density at radius 3 is 2.35 bits per heavy atom. The van der Waals surface area contributed by atoms with Crippen molar-refractivity contribution in [1.82, 2.24) is 4.90 Å². The van der Waals surface area contributed by atoms with Gasteiger partial charge in [0, 0.05) is 10.2 Å². The zero-order valence-electron chi connectivity index (χ0n) is 21.4. The van der Waals surface area contributed by atoms with Crippen molar-refractivity contribution in [3.8, 4) is 17.2 Å². The van der Waals surface area contributed by atoms with Crippen molar-refractivity contribution in [3.05, 3.63) is 81.7 Å². The number of rotatable bonds is 10. The molecule has 3 aromatic rings. The standard InChI is InChI=1S/C28H24BrN3O7S/c1-37-21-6-4-3-5-20(21)31-26(34)16-39-22-12-7-17(13-23(22)38-2)14-24-27(35)32(28(36)40-24)15-25(33)30-19-10-8-18(29)9-11-19/h3-14H,15-16H2,1-2H3,(H,30,33)(H,31,34)/b24-14-. The van der Waals surface area contributed by atoms with Crippen LogP contribution in [-0.4, -0.2) is 55.2 Å². The Morgan fingerprint density at radius 2 is 1.62 bits per heavy atom. The molecule has 0 radical (unpaired) electrons. The Balaban J connectivity index is 1.38. The minimum atomic E-state index is -0.576. The van der Waals surface area contributed by atoms with Gasteiger partial charge in [-0.15, -0.1) is 0 Å². The van der Waals surface area contributed by atoms with E-state index in [-0.39, 0.29) is 11.5 Å². The van der Waals surface area contributed by atoms with Crippen LogP contribution >= 0.6 is 27.7 Å². The zero-order valence-corrected chi connectivity index (χ0v) is 23.8. The van der Waals surface area contributed by atoms with Crippen molar-refractivity contribution >= 4 is 68.1 Å². The number of nitrogens with zero attached hydrogens (tertiary/aromatic N) is 1. The maximum atomic E-state index is 12.9. The molecular formula is C28H24BrN3O7S. The fraction of sp³-hybridized carbons (Fsp3) is 0.143. The van der Waals surface area contributed by atoms with E-state index in [0.29, 0.717) is 34.2 Å². The first kappa shape index (κ1) is 28.7. The molecule has 0 spiro atoms. The molecule has 40 heavy (non-hydrogen) atoms. The lowest BCUT2D eigenvalue weighted by Gasteiger charge is -2.13. The summed E-state index contributed by atoms with van der Waals surface area (Å²) >= 11 is 4.06. The number of imide groups is 1. The summed E-state index contributed by atoms with van der Waals surface area (Å²) in [7, 11) is 2.95. The van der Waals surface area contributed by atoms with Crippen LogP contribution in [0, 0.1) is 0 Å². The van der Waals surface area contributed by atoms with E-state index in [9.17, 15) is 19.2 Å². The second-order valence-electron chi connectivity index (χ2n) is 8.27. The molecule has 0 saturated carbocycles. The Morgan fingerprint density at radius 1 is 0.900 bits per heavy atom. The first-order valence-electron chi connectivity index (χ1n) is 11.8. The van der Waals surface area contributed by atoms with Crippen LogP contribution in [0.15, 0.2) is 76.1 Å². The second-order valence-corrected chi connectivity index (χ2v) is 10.2. The average molecular weight is 626 g/mol. The molecule has 12 heteroatoms. The molecule has 0 atom stereocenters. The van der Waals surface area contributed by atoms with E-state index < -0.39 is 29.5 Å². The molecule has 0 bridgehead atoms. The normalized spacial score (nSPS) is 13.8. The highest BCUT2D eigenvalue weighted by molar-refractivity contribution is 9.10. The third-order valence-corrected chi connectivity index (χ3v) is 6.96. The van der Waals surface area contributed by atoms with Crippen molar-refractivity contribution in [2.24, 2.45) is 0 Å². The van der Waals surface area contributed by atoms with Gasteiger partial charge in [-0.05, 0) is 71.9 Å². The number of anilines is 2. The minimum absolute atomic E-state index is 0.161. The van der Waals surface area contributed by atoms with E-state index in [4.69, 9.17) is 14.2 Å². The summed E-state index contributed by atoms with van der Waals surface area (Å²) in [4.78, 5) is 51.2. The van der Waals surface area contributed by atoms with Crippen LogP contribution in [0.3, 0.4) is 0 Å². The van der Waals surface area contributed by atoms with Gasteiger partial charge in [0.2, 0.25) is 5.91 Å². The SMILES string of the molecule is COc1ccccc1NC(=O)COc1ccc(/C=C2\SC(=O)N(CC(=O)Nc3ccc(Br)cc3)C2=O)cc1OC. The molecule has 1 fully saturated rings. The van der Waals surface area contributed by atoms with Crippen LogP contribution in [0.25, 0.3) is 6.08 Å². The summed E-state index contributed by atoms with van der Waals surface area (Å²) in [6.07, 6.45) is 1.53. The van der Waals surface area contributed by atoms with Gasteiger partial charge in [-0.25, -0.2) is 0 Å². The van der Waals surface area contributed by atoms with Crippen LogP contribution in [0.1, 0.15) is 5.56 Å². The van der Waals surface area contributed by atoms with Gasteiger partial charge in [0.05, 0.1) is 24.8 Å². The number of carbonyl (C=O) groups is 4. The van der Waals surface area contributed by atoms with Crippen LogP contribution < -0.4 is 24.8 Å². The number of carbonyl (C=O) groups excluding carboxylic acids is 4. The van der Waals surface area contributed by atoms with Gasteiger partial charge in [-0.3, -0.25) is 24.1 Å². The molecule has 1 heterocycles. The summed E-state index contributed by atoms with van der Waals surface area (Å²) in [6.45, 7) is -0.694. The number of ether oxygens (including phenoxy) is 3. The quantitative estimate of drug-likeness (QED) is 0.296.